The molecule has 1 aromatic rings. The summed E-state index contributed by atoms with van der Waals surface area (Å²) in [7, 11) is 0. The zero-order valence-corrected chi connectivity index (χ0v) is 11.3. The molecule has 1 aromatic carbocycles. The Hall–Kier alpha value is -2.85. The number of aromatic hydroxyl groups is 1. The average molecular weight is 288 g/mol. The first-order valence-corrected chi connectivity index (χ1v) is 6.24. The third-order valence-electron chi connectivity index (χ3n) is 2.54. The van der Waals surface area contributed by atoms with Gasteiger partial charge < -0.3 is 21.1 Å². The second kappa shape index (κ2) is 8.35. The predicted octanol–water partition coefficient (Wildman–Crippen LogP) is 0.545. The topological polar surface area (TPSA) is 119 Å². The van der Waals surface area contributed by atoms with Gasteiger partial charge in [0, 0.05) is 18.4 Å². The molecule has 0 aliphatic carbocycles. The molecular weight excluding hydrogens is 272 g/mol. The molecule has 21 heavy (non-hydrogen) atoms. The van der Waals surface area contributed by atoms with Crippen molar-refractivity contribution in [3.05, 3.63) is 36.0 Å². The average Bonchev–Trinajstić information content (AvgIpc) is 2.50. The van der Waals surface area contributed by atoms with Crippen molar-refractivity contribution >= 4 is 18.0 Å². The van der Waals surface area contributed by atoms with Crippen molar-refractivity contribution in [2.24, 2.45) is 5.73 Å². The van der Waals surface area contributed by atoms with E-state index < -0.39 is 5.91 Å². The van der Waals surface area contributed by atoms with Gasteiger partial charge in [-0.25, -0.2) is 0 Å². The fourth-order valence-electron chi connectivity index (χ4n) is 1.47. The van der Waals surface area contributed by atoms with Crippen molar-refractivity contribution in [3.8, 4) is 11.8 Å². The zero-order valence-electron chi connectivity index (χ0n) is 11.3. The van der Waals surface area contributed by atoms with E-state index in [1.54, 1.807) is 6.07 Å². The Labute approximate surface area is 122 Å². The van der Waals surface area contributed by atoms with Crippen molar-refractivity contribution < 1.29 is 14.7 Å². The molecule has 0 saturated carbocycles. The molecule has 0 atom stereocenters. The second-order valence-electron chi connectivity index (χ2n) is 4.14. The molecule has 110 valence electrons. The summed E-state index contributed by atoms with van der Waals surface area (Å²) < 4.78 is 0. The summed E-state index contributed by atoms with van der Waals surface area (Å²) in [4.78, 5) is 24.0. The molecule has 1 rings (SSSR count). The van der Waals surface area contributed by atoms with E-state index in [9.17, 15) is 9.59 Å². The summed E-state index contributed by atoms with van der Waals surface area (Å²) in [5.41, 5.74) is 5.57. The Bertz CT molecular complexity index is 561. The zero-order chi connectivity index (χ0) is 15.7. The van der Waals surface area contributed by atoms with Gasteiger partial charge in [0.05, 0.1) is 0 Å². The highest BCUT2D eigenvalue weighted by Gasteiger charge is 2.11. The van der Waals surface area contributed by atoms with E-state index in [0.717, 1.165) is 0 Å². The number of hydrogen-bond acceptors (Lipinski definition) is 5. The number of nitrogens with one attached hydrogen (secondary N) is 1. The number of nitriles is 1. The number of anilines is 1. The van der Waals surface area contributed by atoms with Gasteiger partial charge >= 0.3 is 0 Å². The number of amides is 2. The van der Waals surface area contributed by atoms with E-state index in [1.807, 2.05) is 0 Å². The highest BCUT2D eigenvalue weighted by atomic mass is 16.3. The number of nitrogens with zero attached hydrogens (tertiary/aromatic N) is 2. The fraction of sp³-hybridized carbons (Fsp3) is 0.214. The molecule has 0 bridgehead atoms. The van der Waals surface area contributed by atoms with Crippen LogP contribution < -0.4 is 11.1 Å². The Morgan fingerprint density at radius 2 is 2.10 bits per heavy atom. The molecule has 0 aliphatic rings. The monoisotopic (exact) mass is 288 g/mol. The molecule has 0 unspecified atom stereocenters. The predicted molar refractivity (Wildman–Crippen MR) is 76.9 cm³/mol. The summed E-state index contributed by atoms with van der Waals surface area (Å²) >= 11 is 0. The van der Waals surface area contributed by atoms with Crippen molar-refractivity contribution in [1.82, 2.24) is 4.90 Å². The van der Waals surface area contributed by atoms with Crippen molar-refractivity contribution in [1.29, 1.82) is 5.26 Å². The molecule has 0 saturated heterocycles. The number of phenols is 1. The van der Waals surface area contributed by atoms with E-state index >= 15 is 0 Å². The first-order valence-electron chi connectivity index (χ1n) is 6.24. The van der Waals surface area contributed by atoms with Gasteiger partial charge in [-0.2, -0.15) is 5.26 Å². The maximum atomic E-state index is 11.9. The Morgan fingerprint density at radius 3 is 2.62 bits per heavy atom. The standard InChI is InChI=1S/C14H16N4O3/c15-6-1-7-18(10-19)9-11(8-16)14(21)17-12-2-4-13(20)5-3-12/h2-5,9-10,20H,1,6-7,15H2,(H,17,21)/b11-9-. The lowest BCUT2D eigenvalue weighted by molar-refractivity contribution is -0.116. The number of hydrogen-bond donors (Lipinski definition) is 3. The number of benzene rings is 1. The van der Waals surface area contributed by atoms with Crippen LogP contribution in [0.5, 0.6) is 5.75 Å². The number of phenolic OH excluding ortho intramolecular Hbond substituents is 1. The maximum absolute atomic E-state index is 11.9. The normalized spacial score (nSPS) is 10.6. The van der Waals surface area contributed by atoms with E-state index in [1.165, 1.54) is 35.4 Å². The van der Waals surface area contributed by atoms with Crippen LogP contribution in [-0.2, 0) is 9.59 Å². The van der Waals surface area contributed by atoms with Crippen LogP contribution >= 0.6 is 0 Å². The summed E-state index contributed by atoms with van der Waals surface area (Å²) in [6.45, 7) is 0.734. The number of carbonyl (C=O) groups excluding carboxylic acids is 2. The van der Waals surface area contributed by atoms with E-state index in [4.69, 9.17) is 16.1 Å². The second-order valence-corrected chi connectivity index (χ2v) is 4.14. The lowest BCUT2D eigenvalue weighted by Crippen LogP contribution is -2.22. The van der Waals surface area contributed by atoms with Gasteiger partial charge in [0.2, 0.25) is 6.41 Å². The minimum atomic E-state index is -0.636. The van der Waals surface area contributed by atoms with Gasteiger partial charge in [0.15, 0.2) is 0 Å². The van der Waals surface area contributed by atoms with Crippen molar-refractivity contribution in [2.75, 3.05) is 18.4 Å². The third-order valence-corrected chi connectivity index (χ3v) is 2.54. The van der Waals surface area contributed by atoms with Crippen molar-refractivity contribution in [3.63, 3.8) is 0 Å². The number of nitrogens with two attached hydrogens (primary N) is 1. The van der Waals surface area contributed by atoms with Crippen LogP contribution in [0.25, 0.3) is 0 Å². The first kappa shape index (κ1) is 16.2. The molecule has 0 heterocycles. The molecule has 4 N–H and O–H groups in total. The smallest absolute Gasteiger partial charge is 0.267 e. The van der Waals surface area contributed by atoms with E-state index in [0.29, 0.717) is 31.6 Å². The summed E-state index contributed by atoms with van der Waals surface area (Å²) in [5, 5.41) is 20.6. The third kappa shape index (κ3) is 5.34. The van der Waals surface area contributed by atoms with Gasteiger partial charge in [-0.05, 0) is 37.2 Å². The highest BCUT2D eigenvalue weighted by molar-refractivity contribution is 6.06. The van der Waals surface area contributed by atoms with Crippen LogP contribution in [0, 0.1) is 11.3 Å². The lowest BCUT2D eigenvalue weighted by Gasteiger charge is -2.12. The first-order chi connectivity index (χ1) is 10.1. The summed E-state index contributed by atoms with van der Waals surface area (Å²) in [5.74, 6) is -0.569. The molecule has 7 nitrogen and oxygen atoms in total. The fourth-order valence-corrected chi connectivity index (χ4v) is 1.47. The Kier molecular flexibility index (Phi) is 6.44. The Balaban J connectivity index is 2.78. The quantitative estimate of drug-likeness (QED) is 0.293. The van der Waals surface area contributed by atoms with E-state index in [2.05, 4.69) is 5.32 Å². The number of rotatable bonds is 7. The molecule has 7 heteroatoms. The van der Waals surface area contributed by atoms with Crippen LogP contribution in [0.4, 0.5) is 5.69 Å². The Morgan fingerprint density at radius 1 is 1.43 bits per heavy atom. The van der Waals surface area contributed by atoms with Crippen LogP contribution in [0.15, 0.2) is 36.0 Å². The van der Waals surface area contributed by atoms with Gasteiger partial charge in [-0.15, -0.1) is 0 Å². The largest absolute Gasteiger partial charge is 0.508 e. The highest BCUT2D eigenvalue weighted by Crippen LogP contribution is 2.14. The summed E-state index contributed by atoms with van der Waals surface area (Å²) in [6, 6.07) is 7.55. The van der Waals surface area contributed by atoms with Crippen LogP contribution in [0.3, 0.4) is 0 Å². The van der Waals surface area contributed by atoms with Crippen molar-refractivity contribution in [2.45, 2.75) is 6.42 Å². The lowest BCUT2D eigenvalue weighted by atomic mass is 10.2. The molecule has 2 amide bonds. The molecule has 0 aliphatic heterocycles. The SMILES string of the molecule is N#C/C(=C/N(C=O)CCCN)C(=O)Nc1ccc(O)cc1. The van der Waals surface area contributed by atoms with Crippen LogP contribution in [0.1, 0.15) is 6.42 Å². The molecule has 0 aromatic heterocycles. The van der Waals surface area contributed by atoms with Gasteiger partial charge in [-0.3, -0.25) is 9.59 Å². The molecular formula is C14H16N4O3. The molecule has 0 radical (unpaired) electrons. The van der Waals surface area contributed by atoms with E-state index in [-0.39, 0.29) is 11.3 Å². The molecule has 0 fully saturated rings. The molecule has 0 spiro atoms. The number of carbonyl (C=O) groups is 2. The van der Waals surface area contributed by atoms with Crippen LogP contribution in [-0.4, -0.2) is 35.4 Å². The summed E-state index contributed by atoms with van der Waals surface area (Å²) in [6.07, 6.45) is 2.27. The van der Waals surface area contributed by atoms with Crippen LogP contribution in [0.2, 0.25) is 0 Å². The van der Waals surface area contributed by atoms with Gasteiger partial charge in [0.1, 0.15) is 17.4 Å². The van der Waals surface area contributed by atoms with Gasteiger partial charge in [0.25, 0.3) is 5.91 Å². The maximum Gasteiger partial charge on any atom is 0.267 e. The van der Waals surface area contributed by atoms with Gasteiger partial charge in [-0.1, -0.05) is 0 Å². The minimum absolute atomic E-state index is 0.0676. The minimum Gasteiger partial charge on any atom is -0.508 e.